The van der Waals surface area contributed by atoms with Gasteiger partial charge < -0.3 is 10.5 Å². The summed E-state index contributed by atoms with van der Waals surface area (Å²) in [7, 11) is 1.71. The first-order valence-electron chi connectivity index (χ1n) is 4.37. The van der Waals surface area contributed by atoms with Gasteiger partial charge in [0.05, 0.1) is 11.8 Å². The highest BCUT2D eigenvalue weighted by Crippen LogP contribution is 2.14. The van der Waals surface area contributed by atoms with Gasteiger partial charge in [0.2, 0.25) is 0 Å². The van der Waals surface area contributed by atoms with Crippen LogP contribution in [0.15, 0.2) is 12.3 Å². The molecule has 1 aromatic heterocycles. The molecule has 0 fully saturated rings. The number of hydrogen-bond acceptors (Lipinski definition) is 3. The Kier molecular flexibility index (Phi) is 2.93. The van der Waals surface area contributed by atoms with E-state index in [0.717, 1.165) is 13.0 Å². The summed E-state index contributed by atoms with van der Waals surface area (Å²) in [6.07, 6.45) is 2.60. The van der Waals surface area contributed by atoms with Crippen LogP contribution in [0.3, 0.4) is 0 Å². The van der Waals surface area contributed by atoms with Crippen molar-refractivity contribution in [2.24, 2.45) is 0 Å². The number of nitrogens with two attached hydrogens (primary N) is 1. The summed E-state index contributed by atoms with van der Waals surface area (Å²) in [5, 5.41) is 4.09. The second kappa shape index (κ2) is 3.79. The number of nitrogen functional groups attached to an aromatic ring is 1. The number of aryl methyl sites for hydroxylation is 1. The summed E-state index contributed by atoms with van der Waals surface area (Å²) < 4.78 is 7.07. The number of methoxy groups -OCH3 is 1. The van der Waals surface area contributed by atoms with Crippen LogP contribution in [0.4, 0.5) is 5.82 Å². The Morgan fingerprint density at radius 3 is 2.77 bits per heavy atom. The molecule has 0 saturated heterocycles. The van der Waals surface area contributed by atoms with Gasteiger partial charge in [-0.15, -0.1) is 0 Å². The second-order valence-electron chi connectivity index (χ2n) is 3.69. The van der Waals surface area contributed by atoms with Crippen molar-refractivity contribution in [3.05, 3.63) is 12.3 Å². The van der Waals surface area contributed by atoms with Crippen LogP contribution in [0.5, 0.6) is 0 Å². The van der Waals surface area contributed by atoms with Crippen LogP contribution in [-0.4, -0.2) is 22.5 Å². The van der Waals surface area contributed by atoms with Crippen molar-refractivity contribution in [2.75, 3.05) is 12.8 Å². The van der Waals surface area contributed by atoms with Gasteiger partial charge in [-0.1, -0.05) is 0 Å². The van der Waals surface area contributed by atoms with Gasteiger partial charge in [0, 0.05) is 13.7 Å². The summed E-state index contributed by atoms with van der Waals surface area (Å²) in [4.78, 5) is 0. The van der Waals surface area contributed by atoms with Gasteiger partial charge in [-0.3, -0.25) is 4.68 Å². The highest BCUT2D eigenvalue weighted by molar-refractivity contribution is 5.25. The van der Waals surface area contributed by atoms with Crippen molar-refractivity contribution in [3.63, 3.8) is 0 Å². The highest BCUT2D eigenvalue weighted by atomic mass is 16.5. The predicted molar refractivity (Wildman–Crippen MR) is 52.3 cm³/mol. The van der Waals surface area contributed by atoms with Gasteiger partial charge in [-0.25, -0.2) is 0 Å². The fraction of sp³-hybridized carbons (Fsp3) is 0.667. The normalized spacial score (nSPS) is 11.9. The summed E-state index contributed by atoms with van der Waals surface area (Å²) in [6, 6.07) is 1.79. The zero-order chi connectivity index (χ0) is 9.90. The predicted octanol–water partition coefficient (Wildman–Crippen LogP) is 1.28. The first-order valence-corrected chi connectivity index (χ1v) is 4.37. The number of anilines is 1. The maximum absolute atomic E-state index is 5.67. The van der Waals surface area contributed by atoms with Crippen LogP contribution in [0.2, 0.25) is 0 Å². The van der Waals surface area contributed by atoms with E-state index in [1.54, 1.807) is 24.1 Å². The maximum atomic E-state index is 5.67. The minimum absolute atomic E-state index is 0.113. The molecule has 0 aliphatic carbocycles. The molecule has 2 N–H and O–H groups in total. The number of aromatic nitrogens is 2. The average molecular weight is 183 g/mol. The number of nitrogens with zero attached hydrogens (tertiary/aromatic N) is 2. The Labute approximate surface area is 78.7 Å². The van der Waals surface area contributed by atoms with Crippen molar-refractivity contribution in [1.29, 1.82) is 0 Å². The lowest BCUT2D eigenvalue weighted by molar-refractivity contribution is 0.0114. The van der Waals surface area contributed by atoms with E-state index in [1.165, 1.54) is 0 Å². The molecule has 74 valence electrons. The smallest absolute Gasteiger partial charge is 0.121 e. The van der Waals surface area contributed by atoms with Crippen molar-refractivity contribution in [1.82, 2.24) is 9.78 Å². The summed E-state index contributed by atoms with van der Waals surface area (Å²) in [5.74, 6) is 0.701. The average Bonchev–Trinajstić information content (AvgIpc) is 2.48. The first-order chi connectivity index (χ1) is 6.05. The molecule has 0 radical (unpaired) electrons. The SMILES string of the molecule is COC(C)(C)CCn1nccc1N. The standard InChI is InChI=1S/C9H17N3O/c1-9(2,13-3)5-7-12-8(10)4-6-11-12/h4,6H,5,7,10H2,1-3H3. The van der Waals surface area contributed by atoms with E-state index in [4.69, 9.17) is 10.5 Å². The monoisotopic (exact) mass is 183 g/mol. The van der Waals surface area contributed by atoms with Crippen molar-refractivity contribution in [2.45, 2.75) is 32.4 Å². The van der Waals surface area contributed by atoms with E-state index in [-0.39, 0.29) is 5.60 Å². The molecular weight excluding hydrogens is 166 g/mol. The number of rotatable bonds is 4. The zero-order valence-corrected chi connectivity index (χ0v) is 8.45. The van der Waals surface area contributed by atoms with Crippen molar-refractivity contribution in [3.8, 4) is 0 Å². The van der Waals surface area contributed by atoms with Crippen LogP contribution in [0, 0.1) is 0 Å². The molecule has 1 aromatic rings. The molecule has 0 spiro atoms. The maximum Gasteiger partial charge on any atom is 0.121 e. The molecule has 13 heavy (non-hydrogen) atoms. The van der Waals surface area contributed by atoms with E-state index >= 15 is 0 Å². The molecule has 0 bridgehead atoms. The Morgan fingerprint density at radius 1 is 1.62 bits per heavy atom. The molecule has 1 heterocycles. The fourth-order valence-electron chi connectivity index (χ4n) is 1.01. The minimum atomic E-state index is -0.113. The van der Waals surface area contributed by atoms with E-state index in [9.17, 15) is 0 Å². The molecule has 0 aromatic carbocycles. The third-order valence-corrected chi connectivity index (χ3v) is 2.23. The molecular formula is C9H17N3O. The van der Waals surface area contributed by atoms with E-state index in [2.05, 4.69) is 5.10 Å². The number of ether oxygens (including phenoxy) is 1. The first kappa shape index (κ1) is 10.1. The lowest BCUT2D eigenvalue weighted by Gasteiger charge is -2.22. The van der Waals surface area contributed by atoms with E-state index in [0.29, 0.717) is 5.82 Å². The lowest BCUT2D eigenvalue weighted by atomic mass is 10.1. The van der Waals surface area contributed by atoms with Gasteiger partial charge in [0.15, 0.2) is 0 Å². The van der Waals surface area contributed by atoms with Crippen LogP contribution in [0.1, 0.15) is 20.3 Å². The Morgan fingerprint density at radius 2 is 2.31 bits per heavy atom. The van der Waals surface area contributed by atoms with Gasteiger partial charge in [0.25, 0.3) is 0 Å². The van der Waals surface area contributed by atoms with Crippen LogP contribution >= 0.6 is 0 Å². The van der Waals surface area contributed by atoms with Crippen LogP contribution in [-0.2, 0) is 11.3 Å². The molecule has 4 heteroatoms. The molecule has 4 nitrogen and oxygen atoms in total. The van der Waals surface area contributed by atoms with Gasteiger partial charge >= 0.3 is 0 Å². The highest BCUT2D eigenvalue weighted by Gasteiger charge is 2.16. The van der Waals surface area contributed by atoms with Crippen LogP contribution in [0.25, 0.3) is 0 Å². The molecule has 0 unspecified atom stereocenters. The van der Waals surface area contributed by atoms with Crippen LogP contribution < -0.4 is 5.73 Å². The minimum Gasteiger partial charge on any atom is -0.384 e. The number of hydrogen-bond donors (Lipinski definition) is 1. The molecule has 0 amide bonds. The Hall–Kier alpha value is -1.03. The van der Waals surface area contributed by atoms with Crippen molar-refractivity contribution < 1.29 is 4.74 Å². The molecule has 1 rings (SSSR count). The summed E-state index contributed by atoms with van der Waals surface area (Å²) in [5.41, 5.74) is 5.56. The van der Waals surface area contributed by atoms with E-state index in [1.807, 2.05) is 13.8 Å². The molecule has 0 atom stereocenters. The Bertz CT molecular complexity index is 268. The van der Waals surface area contributed by atoms with Gasteiger partial charge in [-0.2, -0.15) is 5.10 Å². The van der Waals surface area contributed by atoms with Crippen molar-refractivity contribution >= 4 is 5.82 Å². The molecule has 0 aliphatic rings. The quantitative estimate of drug-likeness (QED) is 0.765. The van der Waals surface area contributed by atoms with E-state index < -0.39 is 0 Å². The Balaban J connectivity index is 2.48. The molecule has 0 aliphatic heterocycles. The van der Waals surface area contributed by atoms with Gasteiger partial charge in [-0.05, 0) is 26.3 Å². The second-order valence-corrected chi connectivity index (χ2v) is 3.69. The summed E-state index contributed by atoms with van der Waals surface area (Å²) in [6.45, 7) is 4.89. The van der Waals surface area contributed by atoms with Gasteiger partial charge in [0.1, 0.15) is 5.82 Å². The third-order valence-electron chi connectivity index (χ3n) is 2.23. The summed E-state index contributed by atoms with van der Waals surface area (Å²) >= 11 is 0. The largest absolute Gasteiger partial charge is 0.384 e. The fourth-order valence-corrected chi connectivity index (χ4v) is 1.01. The zero-order valence-electron chi connectivity index (χ0n) is 8.45. The lowest BCUT2D eigenvalue weighted by Crippen LogP contribution is -2.25. The molecule has 0 saturated carbocycles. The third kappa shape index (κ3) is 2.73. The topological polar surface area (TPSA) is 53.1 Å².